The van der Waals surface area contributed by atoms with Crippen LogP contribution in [0.1, 0.15) is 29.8 Å². The Kier molecular flexibility index (Phi) is 3.57. The van der Waals surface area contributed by atoms with Crippen LogP contribution in [0.2, 0.25) is 0 Å². The molecule has 0 saturated heterocycles. The molecule has 0 radical (unpaired) electrons. The van der Waals surface area contributed by atoms with Crippen LogP contribution in [0.3, 0.4) is 0 Å². The van der Waals surface area contributed by atoms with Crippen LogP contribution in [0.25, 0.3) is 10.9 Å². The van der Waals surface area contributed by atoms with Crippen molar-refractivity contribution in [2.45, 2.75) is 26.4 Å². The minimum absolute atomic E-state index is 0.348. The van der Waals surface area contributed by atoms with Crippen molar-refractivity contribution < 1.29 is 0 Å². The lowest BCUT2D eigenvalue weighted by Crippen LogP contribution is -2.18. The van der Waals surface area contributed by atoms with E-state index in [9.17, 15) is 0 Å². The minimum atomic E-state index is 0.348. The number of hydrogen-bond donors (Lipinski definition) is 2. The molecule has 2 aromatic carbocycles. The largest absolute Gasteiger partial charge is 0.357 e. The molecule has 1 heterocycles. The van der Waals surface area contributed by atoms with E-state index in [0.29, 0.717) is 6.04 Å². The third-order valence-electron chi connectivity index (χ3n) is 3.73. The first-order chi connectivity index (χ1) is 9.72. The highest BCUT2D eigenvalue weighted by Crippen LogP contribution is 2.17. The first kappa shape index (κ1) is 12.9. The number of aromatic nitrogens is 1. The van der Waals surface area contributed by atoms with E-state index in [0.717, 1.165) is 6.54 Å². The monoisotopic (exact) mass is 264 g/mol. The van der Waals surface area contributed by atoms with Gasteiger partial charge in [0.25, 0.3) is 0 Å². The first-order valence-corrected chi connectivity index (χ1v) is 7.09. The lowest BCUT2D eigenvalue weighted by atomic mass is 10.1. The summed E-state index contributed by atoms with van der Waals surface area (Å²) in [6.07, 6.45) is 0. The van der Waals surface area contributed by atoms with E-state index in [1.54, 1.807) is 0 Å². The molecule has 102 valence electrons. The molecular formula is C18H20N2. The van der Waals surface area contributed by atoms with Gasteiger partial charge in [0.2, 0.25) is 0 Å². The first-order valence-electron chi connectivity index (χ1n) is 7.09. The molecule has 0 aliphatic rings. The lowest BCUT2D eigenvalue weighted by molar-refractivity contribution is 0.569. The van der Waals surface area contributed by atoms with Crippen LogP contribution >= 0.6 is 0 Å². The van der Waals surface area contributed by atoms with Gasteiger partial charge in [-0.05, 0) is 36.9 Å². The van der Waals surface area contributed by atoms with Crippen LogP contribution in [-0.4, -0.2) is 4.98 Å². The van der Waals surface area contributed by atoms with E-state index in [2.05, 4.69) is 78.7 Å². The molecule has 20 heavy (non-hydrogen) atoms. The Balaban J connectivity index is 1.69. The quantitative estimate of drug-likeness (QED) is 0.721. The normalized spacial score (nSPS) is 12.7. The molecule has 3 rings (SSSR count). The zero-order valence-electron chi connectivity index (χ0n) is 12.0. The van der Waals surface area contributed by atoms with Crippen molar-refractivity contribution in [3.8, 4) is 0 Å². The predicted molar refractivity (Wildman–Crippen MR) is 84.7 cm³/mol. The second-order valence-electron chi connectivity index (χ2n) is 5.40. The maximum atomic E-state index is 3.57. The molecule has 2 nitrogen and oxygen atoms in total. The van der Waals surface area contributed by atoms with E-state index >= 15 is 0 Å². The Bertz CT molecular complexity index is 679. The Morgan fingerprint density at radius 2 is 1.90 bits per heavy atom. The van der Waals surface area contributed by atoms with Gasteiger partial charge in [0.15, 0.2) is 0 Å². The molecule has 0 aliphatic heterocycles. The third kappa shape index (κ3) is 2.75. The average Bonchev–Trinajstić information content (AvgIpc) is 2.87. The highest BCUT2D eigenvalue weighted by Gasteiger charge is 2.06. The van der Waals surface area contributed by atoms with Gasteiger partial charge in [0.1, 0.15) is 0 Å². The van der Waals surface area contributed by atoms with Gasteiger partial charge in [-0.1, -0.05) is 48.0 Å². The molecule has 0 bridgehead atoms. The fraction of sp³-hybridized carbons (Fsp3) is 0.222. The van der Waals surface area contributed by atoms with Gasteiger partial charge < -0.3 is 10.3 Å². The Morgan fingerprint density at radius 1 is 1.05 bits per heavy atom. The summed E-state index contributed by atoms with van der Waals surface area (Å²) in [6.45, 7) is 5.19. The summed E-state index contributed by atoms with van der Waals surface area (Å²) in [7, 11) is 0. The second kappa shape index (κ2) is 5.51. The third-order valence-corrected chi connectivity index (χ3v) is 3.73. The topological polar surface area (TPSA) is 27.8 Å². The van der Waals surface area contributed by atoms with Crippen molar-refractivity contribution in [2.75, 3.05) is 0 Å². The SMILES string of the molecule is Cc1cccc([C@@H](C)NCc2cc3ccccc3[nH]2)c1. The molecule has 0 spiro atoms. The van der Waals surface area contributed by atoms with Crippen molar-refractivity contribution in [3.05, 3.63) is 71.4 Å². The smallest absolute Gasteiger partial charge is 0.0456 e. The van der Waals surface area contributed by atoms with E-state index in [4.69, 9.17) is 0 Å². The maximum absolute atomic E-state index is 3.57. The van der Waals surface area contributed by atoms with Crippen molar-refractivity contribution >= 4 is 10.9 Å². The highest BCUT2D eigenvalue weighted by atomic mass is 14.9. The summed E-state index contributed by atoms with van der Waals surface area (Å²) >= 11 is 0. The summed E-state index contributed by atoms with van der Waals surface area (Å²) in [4.78, 5) is 3.45. The van der Waals surface area contributed by atoms with Crippen LogP contribution in [-0.2, 0) is 6.54 Å². The Morgan fingerprint density at radius 3 is 2.70 bits per heavy atom. The van der Waals surface area contributed by atoms with Gasteiger partial charge in [0.05, 0.1) is 0 Å². The molecule has 0 saturated carbocycles. The molecule has 0 fully saturated rings. The van der Waals surface area contributed by atoms with E-state index in [-0.39, 0.29) is 0 Å². The number of benzene rings is 2. The summed E-state index contributed by atoms with van der Waals surface area (Å²) < 4.78 is 0. The predicted octanol–water partition coefficient (Wildman–Crippen LogP) is 4.33. The van der Waals surface area contributed by atoms with Crippen molar-refractivity contribution in [1.82, 2.24) is 10.3 Å². The zero-order valence-corrected chi connectivity index (χ0v) is 12.0. The lowest BCUT2D eigenvalue weighted by Gasteiger charge is -2.14. The molecule has 0 amide bonds. The molecule has 0 aliphatic carbocycles. The number of nitrogens with one attached hydrogen (secondary N) is 2. The minimum Gasteiger partial charge on any atom is -0.357 e. The molecule has 2 N–H and O–H groups in total. The Hall–Kier alpha value is -2.06. The van der Waals surface area contributed by atoms with Crippen LogP contribution < -0.4 is 5.32 Å². The number of aromatic amines is 1. The van der Waals surface area contributed by atoms with Gasteiger partial charge in [-0.25, -0.2) is 0 Å². The van der Waals surface area contributed by atoms with Crippen molar-refractivity contribution in [3.63, 3.8) is 0 Å². The molecule has 3 aromatic rings. The summed E-state index contributed by atoms with van der Waals surface area (Å²) in [5, 5.41) is 4.84. The summed E-state index contributed by atoms with van der Waals surface area (Å²) in [6, 6.07) is 19.6. The highest BCUT2D eigenvalue weighted by molar-refractivity contribution is 5.80. The van der Waals surface area contributed by atoms with Crippen LogP contribution in [0, 0.1) is 6.92 Å². The fourth-order valence-corrected chi connectivity index (χ4v) is 2.55. The number of H-pyrrole nitrogens is 1. The van der Waals surface area contributed by atoms with Crippen LogP contribution in [0.4, 0.5) is 0 Å². The molecule has 1 aromatic heterocycles. The van der Waals surface area contributed by atoms with E-state index in [1.807, 2.05) is 0 Å². The number of fused-ring (bicyclic) bond motifs is 1. The molecule has 1 atom stereocenters. The molecular weight excluding hydrogens is 244 g/mol. The van der Waals surface area contributed by atoms with Gasteiger partial charge in [-0.15, -0.1) is 0 Å². The number of hydrogen-bond acceptors (Lipinski definition) is 1. The van der Waals surface area contributed by atoms with Gasteiger partial charge in [-0.2, -0.15) is 0 Å². The van der Waals surface area contributed by atoms with Gasteiger partial charge in [-0.3, -0.25) is 0 Å². The van der Waals surface area contributed by atoms with Crippen molar-refractivity contribution in [1.29, 1.82) is 0 Å². The zero-order chi connectivity index (χ0) is 13.9. The van der Waals surface area contributed by atoms with E-state index < -0.39 is 0 Å². The number of aryl methyl sites for hydroxylation is 1. The maximum Gasteiger partial charge on any atom is 0.0456 e. The number of rotatable bonds is 4. The number of para-hydroxylation sites is 1. The molecule has 0 unspecified atom stereocenters. The van der Waals surface area contributed by atoms with Crippen LogP contribution in [0.5, 0.6) is 0 Å². The average molecular weight is 264 g/mol. The van der Waals surface area contributed by atoms with Crippen LogP contribution in [0.15, 0.2) is 54.6 Å². The summed E-state index contributed by atoms with van der Waals surface area (Å²) in [5.74, 6) is 0. The summed E-state index contributed by atoms with van der Waals surface area (Å²) in [5.41, 5.74) is 5.07. The molecule has 2 heteroatoms. The van der Waals surface area contributed by atoms with E-state index in [1.165, 1.54) is 27.7 Å². The Labute approximate surface area is 119 Å². The second-order valence-corrected chi connectivity index (χ2v) is 5.40. The van der Waals surface area contributed by atoms with Gasteiger partial charge >= 0.3 is 0 Å². The standard InChI is InChI=1S/C18H20N2/c1-13-6-5-8-15(10-13)14(2)19-12-17-11-16-7-3-4-9-18(16)20-17/h3-11,14,19-20H,12H2,1-2H3/t14-/m1/s1. The fourth-order valence-electron chi connectivity index (χ4n) is 2.55. The van der Waals surface area contributed by atoms with Gasteiger partial charge in [0, 0.05) is 23.8 Å². The van der Waals surface area contributed by atoms with Crippen molar-refractivity contribution in [2.24, 2.45) is 0 Å².